The first-order valence-electron chi connectivity index (χ1n) is 7.99. The molecule has 2 unspecified atom stereocenters. The molecule has 0 spiro atoms. The zero-order valence-corrected chi connectivity index (χ0v) is 13.6. The fraction of sp³-hybridized carbons (Fsp3) is 0.750. The molecule has 2 aliphatic rings. The molecule has 3 nitrogen and oxygen atoms in total. The van der Waals surface area contributed by atoms with Gasteiger partial charge in [-0.05, 0) is 45.0 Å². The highest BCUT2D eigenvalue weighted by molar-refractivity contribution is 7.11. The first-order chi connectivity index (χ1) is 9.76. The number of nitrogens with zero attached hydrogens (tertiary/aromatic N) is 2. The van der Waals surface area contributed by atoms with Crippen molar-refractivity contribution in [3.8, 4) is 0 Å². The van der Waals surface area contributed by atoms with Crippen molar-refractivity contribution in [3.63, 3.8) is 0 Å². The Morgan fingerprint density at radius 2 is 2.00 bits per heavy atom. The molecule has 3 rings (SSSR count). The number of likely N-dealkylation sites (N-methyl/N-ethyl adjacent to an activating group) is 1. The molecule has 1 aromatic heterocycles. The van der Waals surface area contributed by atoms with Crippen LogP contribution in [0.15, 0.2) is 12.1 Å². The van der Waals surface area contributed by atoms with Crippen LogP contribution >= 0.6 is 11.3 Å². The van der Waals surface area contributed by atoms with Crippen LogP contribution in [-0.2, 0) is 13.1 Å². The van der Waals surface area contributed by atoms with Crippen LogP contribution in [0.5, 0.6) is 0 Å². The van der Waals surface area contributed by atoms with Gasteiger partial charge in [-0.3, -0.25) is 9.80 Å². The van der Waals surface area contributed by atoms with Gasteiger partial charge in [0.2, 0.25) is 0 Å². The van der Waals surface area contributed by atoms with E-state index in [0.29, 0.717) is 0 Å². The number of thiophene rings is 1. The maximum atomic E-state index is 3.41. The van der Waals surface area contributed by atoms with E-state index in [1.165, 1.54) is 42.1 Å². The Balaban J connectivity index is 1.56. The summed E-state index contributed by atoms with van der Waals surface area (Å²) in [7, 11) is 2.32. The SMILES string of the molecule is CCNCc1ccc(CN2CCC3CCC(C2)N3C)s1. The van der Waals surface area contributed by atoms with Crippen molar-refractivity contribution >= 4 is 11.3 Å². The summed E-state index contributed by atoms with van der Waals surface area (Å²) in [6.07, 6.45) is 4.16. The molecule has 0 amide bonds. The first kappa shape index (κ1) is 14.5. The second kappa shape index (κ2) is 6.56. The quantitative estimate of drug-likeness (QED) is 0.900. The van der Waals surface area contributed by atoms with E-state index in [1.54, 1.807) is 0 Å². The molecule has 2 aliphatic heterocycles. The zero-order valence-electron chi connectivity index (χ0n) is 12.8. The molecule has 20 heavy (non-hydrogen) atoms. The Bertz CT molecular complexity index is 431. The van der Waals surface area contributed by atoms with E-state index in [1.807, 2.05) is 11.3 Å². The predicted molar refractivity (Wildman–Crippen MR) is 86.2 cm³/mol. The summed E-state index contributed by atoms with van der Waals surface area (Å²) >= 11 is 1.98. The van der Waals surface area contributed by atoms with Gasteiger partial charge in [0.15, 0.2) is 0 Å². The third-order valence-electron chi connectivity index (χ3n) is 4.88. The molecule has 2 saturated heterocycles. The highest BCUT2D eigenvalue weighted by atomic mass is 32.1. The average Bonchev–Trinajstić information content (AvgIpc) is 2.96. The molecular formula is C16H27N3S. The molecule has 2 fully saturated rings. The standard InChI is InChI=1S/C16H27N3S/c1-3-17-10-15-6-7-16(20-15)12-19-9-8-13-4-5-14(11-19)18(13)2/h6-7,13-14,17H,3-5,8-12H2,1-2H3. The molecule has 4 heteroatoms. The average molecular weight is 293 g/mol. The van der Waals surface area contributed by atoms with Crippen molar-refractivity contribution < 1.29 is 0 Å². The van der Waals surface area contributed by atoms with Crippen LogP contribution in [0.3, 0.4) is 0 Å². The lowest BCUT2D eigenvalue weighted by Crippen LogP contribution is -2.36. The third kappa shape index (κ3) is 3.25. The molecular weight excluding hydrogens is 266 g/mol. The Morgan fingerprint density at radius 1 is 1.20 bits per heavy atom. The van der Waals surface area contributed by atoms with Crippen LogP contribution in [0, 0.1) is 0 Å². The molecule has 0 saturated carbocycles. The number of fused-ring (bicyclic) bond motifs is 2. The van der Waals surface area contributed by atoms with Gasteiger partial charge in [-0.25, -0.2) is 0 Å². The largest absolute Gasteiger partial charge is 0.312 e. The number of hydrogen-bond donors (Lipinski definition) is 1. The van der Waals surface area contributed by atoms with Gasteiger partial charge in [-0.15, -0.1) is 11.3 Å². The van der Waals surface area contributed by atoms with Crippen LogP contribution < -0.4 is 5.32 Å². The summed E-state index contributed by atoms with van der Waals surface area (Å²) in [4.78, 5) is 8.29. The summed E-state index contributed by atoms with van der Waals surface area (Å²) in [5.41, 5.74) is 0. The van der Waals surface area contributed by atoms with Gasteiger partial charge in [0.05, 0.1) is 0 Å². The van der Waals surface area contributed by atoms with E-state index in [2.05, 4.69) is 41.2 Å². The van der Waals surface area contributed by atoms with Crippen molar-refractivity contribution in [2.45, 2.75) is 51.4 Å². The second-order valence-electron chi connectivity index (χ2n) is 6.22. The molecule has 0 aromatic carbocycles. The van der Waals surface area contributed by atoms with E-state index in [-0.39, 0.29) is 0 Å². The zero-order chi connectivity index (χ0) is 13.9. The summed E-state index contributed by atoms with van der Waals surface area (Å²) in [6.45, 7) is 7.91. The highest BCUT2D eigenvalue weighted by Gasteiger charge is 2.34. The highest BCUT2D eigenvalue weighted by Crippen LogP contribution is 2.29. The van der Waals surface area contributed by atoms with Crippen LogP contribution in [0.2, 0.25) is 0 Å². The van der Waals surface area contributed by atoms with E-state index >= 15 is 0 Å². The topological polar surface area (TPSA) is 18.5 Å². The minimum absolute atomic E-state index is 0.795. The number of rotatable bonds is 5. The molecule has 2 atom stereocenters. The molecule has 112 valence electrons. The normalized spacial score (nSPS) is 27.9. The predicted octanol–water partition coefficient (Wildman–Crippen LogP) is 2.53. The van der Waals surface area contributed by atoms with Crippen LogP contribution in [-0.4, -0.2) is 48.6 Å². The van der Waals surface area contributed by atoms with Crippen molar-refractivity contribution in [3.05, 3.63) is 21.9 Å². The number of hydrogen-bond acceptors (Lipinski definition) is 4. The fourth-order valence-corrected chi connectivity index (χ4v) is 4.62. The van der Waals surface area contributed by atoms with E-state index < -0.39 is 0 Å². The van der Waals surface area contributed by atoms with Crippen molar-refractivity contribution in [2.24, 2.45) is 0 Å². The van der Waals surface area contributed by atoms with E-state index in [4.69, 9.17) is 0 Å². The Hall–Kier alpha value is -0.420. The Morgan fingerprint density at radius 3 is 2.85 bits per heavy atom. The lowest BCUT2D eigenvalue weighted by Gasteiger charge is -2.25. The van der Waals surface area contributed by atoms with E-state index in [9.17, 15) is 0 Å². The van der Waals surface area contributed by atoms with Crippen LogP contribution in [0.4, 0.5) is 0 Å². The van der Waals surface area contributed by atoms with Gasteiger partial charge >= 0.3 is 0 Å². The van der Waals surface area contributed by atoms with Gasteiger partial charge in [0, 0.05) is 48.0 Å². The van der Waals surface area contributed by atoms with E-state index in [0.717, 1.165) is 31.7 Å². The number of likely N-dealkylation sites (tertiary alicyclic amines) is 1. The summed E-state index contributed by atoms with van der Waals surface area (Å²) in [5.74, 6) is 0. The maximum absolute atomic E-state index is 3.41. The van der Waals surface area contributed by atoms with Gasteiger partial charge in [0.1, 0.15) is 0 Å². The molecule has 1 aromatic rings. The van der Waals surface area contributed by atoms with Crippen molar-refractivity contribution in [1.82, 2.24) is 15.1 Å². The second-order valence-corrected chi connectivity index (χ2v) is 7.48. The smallest absolute Gasteiger partial charge is 0.0328 e. The molecule has 1 N–H and O–H groups in total. The third-order valence-corrected chi connectivity index (χ3v) is 5.95. The minimum Gasteiger partial charge on any atom is -0.312 e. The molecule has 0 radical (unpaired) electrons. The number of nitrogens with one attached hydrogen (secondary N) is 1. The molecule has 2 bridgehead atoms. The fourth-order valence-electron chi connectivity index (χ4n) is 3.59. The monoisotopic (exact) mass is 293 g/mol. The van der Waals surface area contributed by atoms with Gasteiger partial charge in [-0.1, -0.05) is 6.92 Å². The summed E-state index contributed by atoms with van der Waals surface area (Å²) < 4.78 is 0. The lowest BCUT2D eigenvalue weighted by molar-refractivity contribution is 0.215. The van der Waals surface area contributed by atoms with Crippen molar-refractivity contribution in [1.29, 1.82) is 0 Å². The van der Waals surface area contributed by atoms with Crippen LogP contribution in [0.25, 0.3) is 0 Å². The molecule has 0 aliphatic carbocycles. The minimum atomic E-state index is 0.795. The van der Waals surface area contributed by atoms with Gasteiger partial charge in [-0.2, -0.15) is 0 Å². The van der Waals surface area contributed by atoms with Gasteiger partial charge < -0.3 is 5.32 Å². The summed E-state index contributed by atoms with van der Waals surface area (Å²) in [6, 6.07) is 6.25. The maximum Gasteiger partial charge on any atom is 0.0328 e. The lowest BCUT2D eigenvalue weighted by atomic mass is 10.1. The van der Waals surface area contributed by atoms with Crippen molar-refractivity contribution in [2.75, 3.05) is 26.7 Å². The van der Waals surface area contributed by atoms with Gasteiger partial charge in [0.25, 0.3) is 0 Å². The van der Waals surface area contributed by atoms with Crippen LogP contribution in [0.1, 0.15) is 35.9 Å². The Kier molecular flexibility index (Phi) is 4.76. The summed E-state index contributed by atoms with van der Waals surface area (Å²) in [5, 5.41) is 3.41. The Labute approximate surface area is 127 Å². The first-order valence-corrected chi connectivity index (χ1v) is 8.80. The molecule has 3 heterocycles.